The molecule has 3 N–H and O–H groups in total. The maximum absolute atomic E-state index is 14.5. The highest BCUT2D eigenvalue weighted by molar-refractivity contribution is 7.90. The van der Waals surface area contributed by atoms with Gasteiger partial charge in [-0.25, -0.2) is 17.8 Å². The van der Waals surface area contributed by atoms with Crippen molar-refractivity contribution in [3.8, 4) is 0 Å². The molecule has 0 saturated carbocycles. The van der Waals surface area contributed by atoms with E-state index in [0.29, 0.717) is 37.3 Å². The molecule has 2 aromatic rings. The third kappa shape index (κ3) is 6.51. The fourth-order valence-corrected chi connectivity index (χ4v) is 4.48. The van der Waals surface area contributed by atoms with Crippen LogP contribution in [0.5, 0.6) is 0 Å². The van der Waals surface area contributed by atoms with Crippen molar-refractivity contribution < 1.29 is 30.8 Å². The Hall–Kier alpha value is -2.77. The molecule has 2 unspecified atom stereocenters. The van der Waals surface area contributed by atoms with Gasteiger partial charge >= 0.3 is 6.18 Å². The number of carbonyl (C=O) groups is 1. The molecule has 2 atom stereocenters. The van der Waals surface area contributed by atoms with E-state index in [2.05, 4.69) is 15.2 Å². The summed E-state index contributed by atoms with van der Waals surface area (Å²) in [5.74, 6) is -2.00. The van der Waals surface area contributed by atoms with Crippen molar-refractivity contribution in [3.63, 3.8) is 0 Å². The van der Waals surface area contributed by atoms with Crippen molar-refractivity contribution in [1.29, 1.82) is 0 Å². The number of rotatable bonds is 7. The van der Waals surface area contributed by atoms with E-state index in [-0.39, 0.29) is 17.9 Å². The molecule has 0 bridgehead atoms. The van der Waals surface area contributed by atoms with Gasteiger partial charge in [0.1, 0.15) is 22.7 Å². The smallest absolute Gasteiger partial charge is 0.354 e. The molecule has 3 rings (SSSR count). The number of sulfone groups is 1. The van der Waals surface area contributed by atoms with Crippen LogP contribution in [0.15, 0.2) is 30.3 Å². The summed E-state index contributed by atoms with van der Waals surface area (Å²) in [6, 6.07) is 5.88. The van der Waals surface area contributed by atoms with Crippen molar-refractivity contribution in [2.45, 2.75) is 30.9 Å². The van der Waals surface area contributed by atoms with Gasteiger partial charge in [0, 0.05) is 50.1 Å². The summed E-state index contributed by atoms with van der Waals surface area (Å²) in [6.45, 7) is 3.76. The van der Waals surface area contributed by atoms with Crippen LogP contribution in [0.3, 0.4) is 0 Å². The number of nitrogens with one attached hydrogen (secondary N) is 1. The number of nitrogens with zero attached hydrogens (tertiary/aromatic N) is 3. The highest BCUT2D eigenvalue weighted by Gasteiger charge is 2.34. The number of halogens is 4. The summed E-state index contributed by atoms with van der Waals surface area (Å²) in [5, 5.41) is 1.15. The van der Waals surface area contributed by atoms with E-state index in [1.165, 1.54) is 25.1 Å². The lowest BCUT2D eigenvalue weighted by Crippen LogP contribution is -2.45. The monoisotopic (exact) mass is 531 g/mol. The summed E-state index contributed by atoms with van der Waals surface area (Å²) in [5.41, 5.74) is 5.10. The minimum atomic E-state index is -4.60. The van der Waals surface area contributed by atoms with Gasteiger partial charge in [0.2, 0.25) is 5.91 Å². The van der Waals surface area contributed by atoms with E-state index in [1.807, 2.05) is 7.05 Å². The number of aromatic nitrogens is 1. The molecule has 0 spiro atoms. The number of piperazine rings is 1. The average molecular weight is 532 g/mol. The number of alkyl halides is 3. The fraction of sp³-hybridized carbons (Fsp3) is 0.478. The minimum Gasteiger partial charge on any atom is -0.354 e. The first-order valence-corrected chi connectivity index (χ1v) is 13.2. The van der Waals surface area contributed by atoms with E-state index < -0.39 is 44.7 Å². The van der Waals surface area contributed by atoms with E-state index in [4.69, 9.17) is 5.73 Å². The lowest BCUT2D eigenvalue weighted by molar-refractivity contribution is -0.141. The summed E-state index contributed by atoms with van der Waals surface area (Å²) in [4.78, 5) is 20.5. The van der Waals surface area contributed by atoms with Crippen LogP contribution in [-0.4, -0.2) is 63.7 Å². The Morgan fingerprint density at radius 3 is 2.36 bits per heavy atom. The van der Waals surface area contributed by atoms with Gasteiger partial charge in [0.05, 0.1) is 5.92 Å². The Labute approximate surface area is 207 Å². The molecule has 198 valence electrons. The Morgan fingerprint density at radius 2 is 1.81 bits per heavy atom. The van der Waals surface area contributed by atoms with E-state index in [0.717, 1.165) is 18.4 Å². The first-order chi connectivity index (χ1) is 16.7. The largest absolute Gasteiger partial charge is 0.433 e. The van der Waals surface area contributed by atoms with Crippen molar-refractivity contribution in [3.05, 3.63) is 58.5 Å². The molecule has 1 aromatic carbocycles. The molecule has 2 heterocycles. The molecule has 1 aliphatic heterocycles. The van der Waals surface area contributed by atoms with Crippen LogP contribution in [0.1, 0.15) is 40.6 Å². The third-order valence-electron chi connectivity index (χ3n) is 6.19. The standard InChI is InChI=1S/C23H29F4N5O3S/c1-14(15-4-6-17(18(24)12-15)20(28)36(3,34)35)22(33)29-13-16-5-7-19(23(25,26)27)30-21(16)32-10-8-31(2)9-11-32/h4-7,12,14,20H,8-11,13,28H2,1-3H3,(H,29,33). The zero-order valence-electron chi connectivity index (χ0n) is 20.1. The number of nitrogens with two attached hydrogens (primary N) is 1. The van der Waals surface area contributed by atoms with E-state index in [9.17, 15) is 30.8 Å². The molecule has 0 radical (unpaired) electrons. The van der Waals surface area contributed by atoms with Gasteiger partial charge in [-0.05, 0) is 31.7 Å². The molecular formula is C23H29F4N5O3S. The molecule has 0 aliphatic carbocycles. The Morgan fingerprint density at radius 1 is 1.17 bits per heavy atom. The lowest BCUT2D eigenvalue weighted by Gasteiger charge is -2.34. The van der Waals surface area contributed by atoms with Gasteiger partial charge in [0.15, 0.2) is 9.84 Å². The van der Waals surface area contributed by atoms with Crippen LogP contribution < -0.4 is 16.0 Å². The number of hydrogen-bond donors (Lipinski definition) is 2. The molecule has 1 aliphatic rings. The second-order valence-corrected chi connectivity index (χ2v) is 11.1. The quantitative estimate of drug-likeness (QED) is 0.529. The number of amides is 1. The molecule has 1 aromatic heterocycles. The predicted octanol–water partition coefficient (Wildman–Crippen LogP) is 2.41. The summed E-state index contributed by atoms with van der Waals surface area (Å²) >= 11 is 0. The second kappa shape index (κ2) is 10.7. The number of anilines is 1. The van der Waals surface area contributed by atoms with Crippen molar-refractivity contribution in [1.82, 2.24) is 15.2 Å². The third-order valence-corrected chi connectivity index (χ3v) is 7.36. The fourth-order valence-electron chi connectivity index (χ4n) is 3.83. The minimum absolute atomic E-state index is 0.0739. The number of carbonyl (C=O) groups excluding carboxylic acids is 1. The van der Waals surface area contributed by atoms with Gasteiger partial charge in [-0.15, -0.1) is 0 Å². The summed E-state index contributed by atoms with van der Waals surface area (Å²) in [6.07, 6.45) is -3.71. The van der Waals surface area contributed by atoms with Crippen molar-refractivity contribution >= 4 is 21.6 Å². The Kier molecular flexibility index (Phi) is 8.26. The van der Waals surface area contributed by atoms with Crippen LogP contribution in [-0.2, 0) is 27.4 Å². The molecule has 1 fully saturated rings. The van der Waals surface area contributed by atoms with Gasteiger partial charge < -0.3 is 20.9 Å². The zero-order chi connectivity index (χ0) is 26.8. The van der Waals surface area contributed by atoms with Crippen molar-refractivity contribution in [2.75, 3.05) is 44.4 Å². The number of benzene rings is 1. The highest BCUT2D eigenvalue weighted by Crippen LogP contribution is 2.31. The van der Waals surface area contributed by atoms with Crippen LogP contribution in [0.2, 0.25) is 0 Å². The number of hydrogen-bond acceptors (Lipinski definition) is 7. The molecule has 1 saturated heterocycles. The molecule has 13 heteroatoms. The first-order valence-electron chi connectivity index (χ1n) is 11.2. The van der Waals surface area contributed by atoms with Gasteiger partial charge in [-0.2, -0.15) is 13.2 Å². The molecule has 36 heavy (non-hydrogen) atoms. The van der Waals surface area contributed by atoms with E-state index >= 15 is 0 Å². The highest BCUT2D eigenvalue weighted by atomic mass is 32.2. The maximum Gasteiger partial charge on any atom is 0.433 e. The van der Waals surface area contributed by atoms with Crippen LogP contribution in [0, 0.1) is 5.82 Å². The molecule has 1 amide bonds. The predicted molar refractivity (Wildman–Crippen MR) is 127 cm³/mol. The second-order valence-electron chi connectivity index (χ2n) is 8.94. The van der Waals surface area contributed by atoms with Crippen LogP contribution in [0.25, 0.3) is 0 Å². The van der Waals surface area contributed by atoms with Gasteiger partial charge in [-0.3, -0.25) is 4.79 Å². The zero-order valence-corrected chi connectivity index (χ0v) is 21.0. The summed E-state index contributed by atoms with van der Waals surface area (Å²) < 4.78 is 77.7. The van der Waals surface area contributed by atoms with Crippen LogP contribution in [0.4, 0.5) is 23.4 Å². The SMILES string of the molecule is CC(C(=O)NCc1ccc(C(F)(F)F)nc1N1CCN(C)CC1)c1ccc(C(N)S(C)(=O)=O)c(F)c1. The van der Waals surface area contributed by atoms with Gasteiger partial charge in [0.25, 0.3) is 0 Å². The summed E-state index contributed by atoms with van der Waals surface area (Å²) in [7, 11) is -1.80. The van der Waals surface area contributed by atoms with E-state index in [1.54, 1.807) is 4.90 Å². The molecule has 8 nitrogen and oxygen atoms in total. The number of pyridine rings is 1. The Balaban J connectivity index is 1.77. The molecular weight excluding hydrogens is 502 g/mol. The maximum atomic E-state index is 14.5. The Bertz CT molecular complexity index is 1210. The average Bonchev–Trinajstić information content (AvgIpc) is 2.80. The van der Waals surface area contributed by atoms with Crippen molar-refractivity contribution in [2.24, 2.45) is 5.73 Å². The topological polar surface area (TPSA) is 109 Å². The lowest BCUT2D eigenvalue weighted by atomic mass is 9.98. The van der Waals surface area contributed by atoms with Gasteiger partial charge in [-0.1, -0.05) is 18.2 Å². The first kappa shape index (κ1) is 27.8. The normalized spacial score (nSPS) is 17.1. The van der Waals surface area contributed by atoms with Crippen LogP contribution >= 0.6 is 0 Å². The number of likely N-dealkylation sites (N-methyl/N-ethyl adjacent to an activating group) is 1.